The van der Waals surface area contributed by atoms with Crippen molar-refractivity contribution in [2.45, 2.75) is 38.6 Å². The van der Waals surface area contributed by atoms with E-state index in [0.29, 0.717) is 5.69 Å². The molecule has 3 aromatic rings. The number of hydrogen-bond donors (Lipinski definition) is 2. The molecule has 1 aromatic carbocycles. The maximum atomic E-state index is 8.05. The monoisotopic (exact) mass is 378 g/mol. The lowest BCUT2D eigenvalue weighted by Crippen LogP contribution is -2.13. The third kappa shape index (κ3) is 6.50. The van der Waals surface area contributed by atoms with Crippen molar-refractivity contribution in [2.75, 3.05) is 11.9 Å². The highest BCUT2D eigenvalue weighted by molar-refractivity contribution is 6.04. The molecule has 7 heteroatoms. The number of pyridine rings is 1. The van der Waals surface area contributed by atoms with Gasteiger partial charge in [-0.1, -0.05) is 25.3 Å². The van der Waals surface area contributed by atoms with Crippen LogP contribution in [0.5, 0.6) is 5.75 Å². The summed E-state index contributed by atoms with van der Waals surface area (Å²) >= 11 is 0. The number of unbranched alkanes of at least 4 members (excludes halogenated alkanes) is 4. The number of amidine groups is 1. The molecular weight excluding hydrogens is 352 g/mol. The molecule has 0 aliphatic carbocycles. The van der Waals surface area contributed by atoms with E-state index in [1.54, 1.807) is 24.9 Å². The number of nitrogens with one attached hydrogen (secondary N) is 2. The predicted octanol–water partition coefficient (Wildman–Crippen LogP) is 4.14. The summed E-state index contributed by atoms with van der Waals surface area (Å²) in [6.07, 6.45) is 10.8. The van der Waals surface area contributed by atoms with Crippen LogP contribution >= 0.6 is 0 Å². The largest absolute Gasteiger partial charge is 0.494 e. The topological polar surface area (TPSA) is 88.7 Å². The van der Waals surface area contributed by atoms with E-state index >= 15 is 0 Å². The van der Waals surface area contributed by atoms with Crippen molar-refractivity contribution < 1.29 is 4.74 Å². The van der Waals surface area contributed by atoms with E-state index in [9.17, 15) is 0 Å². The second-order valence-corrected chi connectivity index (χ2v) is 6.51. The molecule has 0 saturated carbocycles. The summed E-state index contributed by atoms with van der Waals surface area (Å²) in [6, 6.07) is 13.2. The van der Waals surface area contributed by atoms with E-state index < -0.39 is 0 Å². The molecule has 28 heavy (non-hydrogen) atoms. The van der Waals surface area contributed by atoms with Gasteiger partial charge >= 0.3 is 0 Å². The van der Waals surface area contributed by atoms with Gasteiger partial charge in [-0.05, 0) is 49.2 Å². The van der Waals surface area contributed by atoms with Crippen molar-refractivity contribution in [3.05, 3.63) is 67.0 Å². The summed E-state index contributed by atoms with van der Waals surface area (Å²) in [5.41, 5.74) is 1.46. The van der Waals surface area contributed by atoms with Gasteiger partial charge in [-0.25, -0.2) is 4.98 Å². The van der Waals surface area contributed by atoms with E-state index in [-0.39, 0.29) is 5.84 Å². The van der Waals surface area contributed by atoms with Crippen molar-refractivity contribution in [3.63, 3.8) is 0 Å². The fourth-order valence-electron chi connectivity index (χ4n) is 2.80. The van der Waals surface area contributed by atoms with Gasteiger partial charge in [0.05, 0.1) is 6.61 Å². The van der Waals surface area contributed by atoms with Crippen LogP contribution in [-0.2, 0) is 6.54 Å². The quantitative estimate of drug-likeness (QED) is 0.297. The molecule has 2 aromatic heterocycles. The second kappa shape index (κ2) is 10.8. The van der Waals surface area contributed by atoms with Gasteiger partial charge in [0.1, 0.15) is 29.9 Å². The van der Waals surface area contributed by atoms with Crippen LogP contribution in [-0.4, -0.2) is 32.2 Å². The van der Waals surface area contributed by atoms with Gasteiger partial charge in [0.25, 0.3) is 0 Å². The van der Waals surface area contributed by atoms with Crippen molar-refractivity contribution >= 4 is 11.5 Å². The van der Waals surface area contributed by atoms with Crippen molar-refractivity contribution in [2.24, 2.45) is 0 Å². The Bertz CT molecular complexity index is 818. The Morgan fingerprint density at radius 2 is 1.82 bits per heavy atom. The van der Waals surface area contributed by atoms with Crippen LogP contribution in [0.25, 0.3) is 0 Å². The first-order valence-electron chi connectivity index (χ1n) is 9.63. The number of ether oxygens (including phenoxy) is 1. The minimum Gasteiger partial charge on any atom is -0.494 e. The molecular formula is C21H26N6O. The number of aryl methyl sites for hydroxylation is 1. The van der Waals surface area contributed by atoms with Crippen molar-refractivity contribution in [1.29, 1.82) is 5.41 Å². The van der Waals surface area contributed by atoms with Crippen molar-refractivity contribution in [3.8, 4) is 5.75 Å². The molecule has 0 bridgehead atoms. The number of nitrogens with zero attached hydrogens (tertiary/aromatic N) is 4. The van der Waals surface area contributed by atoms with Gasteiger partial charge in [-0.3, -0.25) is 15.1 Å². The third-order valence-electron chi connectivity index (χ3n) is 4.31. The van der Waals surface area contributed by atoms with Crippen molar-refractivity contribution in [1.82, 2.24) is 19.7 Å². The first-order chi connectivity index (χ1) is 13.8. The minimum atomic E-state index is 0.276. The number of rotatable bonds is 11. The van der Waals surface area contributed by atoms with E-state index in [4.69, 9.17) is 10.1 Å². The maximum absolute atomic E-state index is 8.05. The van der Waals surface area contributed by atoms with Crippen LogP contribution in [0.3, 0.4) is 0 Å². The number of benzene rings is 1. The molecule has 0 atom stereocenters. The molecule has 0 unspecified atom stereocenters. The maximum Gasteiger partial charge on any atom is 0.148 e. The Labute approximate surface area is 165 Å². The van der Waals surface area contributed by atoms with Crippen LogP contribution in [0, 0.1) is 5.41 Å². The molecule has 2 heterocycles. The SMILES string of the molecule is N=C(Nc1ccc(OCCCCCCCn2cncn2)cc1)c1ccccn1. The molecule has 0 radical (unpaired) electrons. The average Bonchev–Trinajstić information content (AvgIpc) is 3.25. The van der Waals surface area contributed by atoms with Gasteiger partial charge in [-0.15, -0.1) is 0 Å². The molecule has 2 N–H and O–H groups in total. The first-order valence-corrected chi connectivity index (χ1v) is 9.63. The van der Waals surface area contributed by atoms with Crippen LogP contribution in [0.4, 0.5) is 5.69 Å². The first kappa shape index (κ1) is 19.5. The fourth-order valence-corrected chi connectivity index (χ4v) is 2.80. The standard InChI is InChI=1S/C21H26N6O/c22-21(20-8-4-5-13-24-20)26-18-9-11-19(12-10-18)28-15-7-3-1-2-6-14-27-17-23-16-25-27/h4-5,8-13,16-17H,1-3,6-7,14-15H2,(H2,22,26). The van der Waals surface area contributed by atoms with Gasteiger partial charge in [0.2, 0.25) is 0 Å². The normalized spacial score (nSPS) is 10.6. The van der Waals surface area contributed by atoms with Gasteiger partial charge in [-0.2, -0.15) is 5.10 Å². The number of hydrogen-bond acceptors (Lipinski definition) is 5. The van der Waals surface area contributed by atoms with Crippen LogP contribution in [0.15, 0.2) is 61.3 Å². The fraction of sp³-hybridized carbons (Fsp3) is 0.333. The molecule has 146 valence electrons. The summed E-state index contributed by atoms with van der Waals surface area (Å²) in [5, 5.41) is 15.2. The minimum absolute atomic E-state index is 0.276. The number of anilines is 1. The Morgan fingerprint density at radius 3 is 2.57 bits per heavy atom. The van der Waals surface area contributed by atoms with E-state index in [2.05, 4.69) is 20.4 Å². The summed E-state index contributed by atoms with van der Waals surface area (Å²) in [7, 11) is 0. The lowest BCUT2D eigenvalue weighted by molar-refractivity contribution is 0.304. The number of aromatic nitrogens is 4. The Morgan fingerprint density at radius 1 is 1.00 bits per heavy atom. The van der Waals surface area contributed by atoms with Crippen LogP contribution in [0.1, 0.15) is 37.8 Å². The summed E-state index contributed by atoms with van der Waals surface area (Å²) < 4.78 is 7.67. The highest BCUT2D eigenvalue weighted by Gasteiger charge is 2.03. The highest BCUT2D eigenvalue weighted by atomic mass is 16.5. The smallest absolute Gasteiger partial charge is 0.148 e. The van der Waals surface area contributed by atoms with Crippen LogP contribution in [0.2, 0.25) is 0 Å². The molecule has 0 fully saturated rings. The zero-order valence-electron chi connectivity index (χ0n) is 15.9. The Hall–Kier alpha value is -3.22. The van der Waals surface area contributed by atoms with Crippen LogP contribution < -0.4 is 10.1 Å². The summed E-state index contributed by atoms with van der Waals surface area (Å²) in [6.45, 7) is 1.66. The molecule has 0 aliphatic heterocycles. The van der Waals surface area contributed by atoms with Gasteiger partial charge in [0.15, 0.2) is 0 Å². The Kier molecular flexibility index (Phi) is 7.55. The lowest BCUT2D eigenvalue weighted by atomic mass is 10.1. The van der Waals surface area contributed by atoms with E-state index in [1.807, 2.05) is 41.1 Å². The molecule has 7 nitrogen and oxygen atoms in total. The summed E-state index contributed by atoms with van der Waals surface area (Å²) in [4.78, 5) is 8.10. The van der Waals surface area contributed by atoms with E-state index in [1.165, 1.54) is 12.8 Å². The molecule has 0 saturated heterocycles. The molecule has 3 rings (SSSR count). The van der Waals surface area contributed by atoms with Gasteiger partial charge in [0, 0.05) is 18.4 Å². The highest BCUT2D eigenvalue weighted by Crippen LogP contribution is 2.17. The predicted molar refractivity (Wildman–Crippen MR) is 110 cm³/mol. The third-order valence-corrected chi connectivity index (χ3v) is 4.31. The second-order valence-electron chi connectivity index (χ2n) is 6.51. The Balaban J connectivity index is 1.27. The van der Waals surface area contributed by atoms with Gasteiger partial charge < -0.3 is 10.1 Å². The average molecular weight is 378 g/mol. The molecule has 0 amide bonds. The zero-order valence-corrected chi connectivity index (χ0v) is 15.9. The van der Waals surface area contributed by atoms with E-state index in [0.717, 1.165) is 43.9 Å². The summed E-state index contributed by atoms with van der Waals surface area (Å²) in [5.74, 6) is 1.12. The lowest BCUT2D eigenvalue weighted by Gasteiger charge is -2.09. The molecule has 0 spiro atoms. The zero-order chi connectivity index (χ0) is 19.4. The molecule has 0 aliphatic rings.